The van der Waals surface area contributed by atoms with Crippen molar-refractivity contribution < 1.29 is 9.47 Å². The van der Waals surface area contributed by atoms with Crippen molar-refractivity contribution in [3.8, 4) is 11.5 Å². The molecule has 0 saturated heterocycles. The first-order valence-corrected chi connectivity index (χ1v) is 6.94. The molecule has 0 aromatic heterocycles. The highest BCUT2D eigenvalue weighted by molar-refractivity contribution is 5.41. The van der Waals surface area contributed by atoms with Gasteiger partial charge in [0.05, 0.1) is 7.11 Å². The summed E-state index contributed by atoms with van der Waals surface area (Å²) in [5.41, 5.74) is 4.07. The zero-order valence-electron chi connectivity index (χ0n) is 11.7. The Morgan fingerprint density at radius 3 is 2.75 bits per heavy atom. The van der Waals surface area contributed by atoms with Crippen LogP contribution in [0.3, 0.4) is 0 Å². The van der Waals surface area contributed by atoms with Crippen LogP contribution in [-0.2, 0) is 19.6 Å². The van der Waals surface area contributed by atoms with Crippen LogP contribution < -0.4 is 14.8 Å². The number of nitrogens with one attached hydrogen (secondary N) is 1. The summed E-state index contributed by atoms with van der Waals surface area (Å²) in [6, 6.07) is 14.2. The highest BCUT2D eigenvalue weighted by atomic mass is 16.5. The van der Waals surface area contributed by atoms with Crippen LogP contribution in [0.15, 0.2) is 42.5 Å². The largest absolute Gasteiger partial charge is 0.493 e. The van der Waals surface area contributed by atoms with Crippen LogP contribution in [0.5, 0.6) is 11.5 Å². The van der Waals surface area contributed by atoms with Gasteiger partial charge in [-0.1, -0.05) is 30.3 Å². The van der Waals surface area contributed by atoms with Crippen LogP contribution in [-0.4, -0.2) is 13.7 Å². The SMILES string of the molecule is COc1ccccc1OCc1cccc2c1CNCC2. The maximum Gasteiger partial charge on any atom is 0.161 e. The predicted octanol–water partition coefficient (Wildman–Crippen LogP) is 2.92. The van der Waals surface area contributed by atoms with Crippen LogP contribution >= 0.6 is 0 Å². The normalized spacial score (nSPS) is 13.7. The van der Waals surface area contributed by atoms with Crippen LogP contribution in [0, 0.1) is 0 Å². The molecule has 0 unspecified atom stereocenters. The first-order chi connectivity index (χ1) is 9.88. The predicted molar refractivity (Wildman–Crippen MR) is 79.2 cm³/mol. The van der Waals surface area contributed by atoms with E-state index >= 15 is 0 Å². The molecule has 0 spiro atoms. The second-order valence-corrected chi connectivity index (χ2v) is 4.92. The number of ether oxygens (including phenoxy) is 2. The van der Waals surface area contributed by atoms with E-state index in [1.165, 1.54) is 16.7 Å². The van der Waals surface area contributed by atoms with Crippen molar-refractivity contribution in [2.75, 3.05) is 13.7 Å². The lowest BCUT2D eigenvalue weighted by molar-refractivity contribution is 0.283. The molecule has 0 saturated carbocycles. The number of hydrogen-bond acceptors (Lipinski definition) is 3. The van der Waals surface area contributed by atoms with Gasteiger partial charge >= 0.3 is 0 Å². The molecule has 1 heterocycles. The van der Waals surface area contributed by atoms with Crippen molar-refractivity contribution in [3.63, 3.8) is 0 Å². The molecule has 2 aromatic carbocycles. The standard InChI is InChI=1S/C17H19NO2/c1-19-16-7-2-3-8-17(16)20-12-14-6-4-5-13-9-10-18-11-15(13)14/h2-8,18H,9-12H2,1H3. The zero-order valence-corrected chi connectivity index (χ0v) is 11.7. The van der Waals surface area contributed by atoms with Gasteiger partial charge in [-0.25, -0.2) is 0 Å². The molecule has 0 atom stereocenters. The maximum atomic E-state index is 5.93. The van der Waals surface area contributed by atoms with Crippen LogP contribution in [0.2, 0.25) is 0 Å². The van der Waals surface area contributed by atoms with Crippen molar-refractivity contribution >= 4 is 0 Å². The molecule has 1 aliphatic heterocycles. The number of fused-ring (bicyclic) bond motifs is 1. The molecule has 20 heavy (non-hydrogen) atoms. The van der Waals surface area contributed by atoms with E-state index < -0.39 is 0 Å². The molecule has 0 radical (unpaired) electrons. The van der Waals surface area contributed by atoms with E-state index in [9.17, 15) is 0 Å². The monoisotopic (exact) mass is 269 g/mol. The molecule has 104 valence electrons. The minimum absolute atomic E-state index is 0.575. The Balaban J connectivity index is 1.79. The van der Waals surface area contributed by atoms with Gasteiger partial charge in [0.1, 0.15) is 6.61 Å². The van der Waals surface area contributed by atoms with Crippen molar-refractivity contribution in [2.45, 2.75) is 19.6 Å². The van der Waals surface area contributed by atoms with Gasteiger partial charge in [0.15, 0.2) is 11.5 Å². The Morgan fingerprint density at radius 2 is 1.90 bits per heavy atom. The number of para-hydroxylation sites is 2. The average Bonchev–Trinajstić information content (AvgIpc) is 2.53. The van der Waals surface area contributed by atoms with Gasteiger partial charge in [0.2, 0.25) is 0 Å². The average molecular weight is 269 g/mol. The molecule has 0 aliphatic carbocycles. The molecular weight excluding hydrogens is 250 g/mol. The second-order valence-electron chi connectivity index (χ2n) is 4.92. The summed E-state index contributed by atoms with van der Waals surface area (Å²) >= 11 is 0. The Labute approximate surface area is 119 Å². The number of methoxy groups -OCH3 is 1. The molecule has 1 aliphatic rings. The number of rotatable bonds is 4. The molecule has 0 bridgehead atoms. The van der Waals surface area contributed by atoms with Gasteiger partial charge in [0.25, 0.3) is 0 Å². The molecule has 3 nitrogen and oxygen atoms in total. The minimum Gasteiger partial charge on any atom is -0.493 e. The third-order valence-corrected chi connectivity index (χ3v) is 3.70. The zero-order chi connectivity index (χ0) is 13.8. The van der Waals surface area contributed by atoms with Crippen molar-refractivity contribution in [3.05, 3.63) is 59.2 Å². The Hall–Kier alpha value is -2.00. The number of hydrogen-bond donors (Lipinski definition) is 1. The molecular formula is C17H19NO2. The fourth-order valence-electron chi connectivity index (χ4n) is 2.61. The fraction of sp³-hybridized carbons (Fsp3) is 0.294. The Kier molecular flexibility index (Phi) is 3.88. The molecule has 0 amide bonds. The smallest absolute Gasteiger partial charge is 0.161 e. The van der Waals surface area contributed by atoms with Gasteiger partial charge in [-0.3, -0.25) is 0 Å². The van der Waals surface area contributed by atoms with Gasteiger partial charge in [-0.15, -0.1) is 0 Å². The van der Waals surface area contributed by atoms with Crippen molar-refractivity contribution in [1.82, 2.24) is 5.32 Å². The van der Waals surface area contributed by atoms with Crippen LogP contribution in [0.4, 0.5) is 0 Å². The molecule has 3 rings (SSSR count). The third-order valence-electron chi connectivity index (χ3n) is 3.70. The number of benzene rings is 2. The highest BCUT2D eigenvalue weighted by Crippen LogP contribution is 2.27. The van der Waals surface area contributed by atoms with Crippen LogP contribution in [0.1, 0.15) is 16.7 Å². The Morgan fingerprint density at radius 1 is 1.05 bits per heavy atom. The maximum absolute atomic E-state index is 5.93. The molecule has 2 aromatic rings. The van der Waals surface area contributed by atoms with E-state index in [0.29, 0.717) is 6.61 Å². The van der Waals surface area contributed by atoms with Gasteiger partial charge in [-0.2, -0.15) is 0 Å². The lowest BCUT2D eigenvalue weighted by Gasteiger charge is -2.20. The van der Waals surface area contributed by atoms with E-state index in [1.54, 1.807) is 7.11 Å². The van der Waals surface area contributed by atoms with Crippen molar-refractivity contribution in [1.29, 1.82) is 0 Å². The summed E-state index contributed by atoms with van der Waals surface area (Å²) in [5, 5.41) is 3.42. The highest BCUT2D eigenvalue weighted by Gasteiger charge is 2.13. The minimum atomic E-state index is 0.575. The lowest BCUT2D eigenvalue weighted by Crippen LogP contribution is -2.25. The summed E-state index contributed by atoms with van der Waals surface area (Å²) < 4.78 is 11.2. The summed E-state index contributed by atoms with van der Waals surface area (Å²) in [6.45, 7) is 2.57. The fourth-order valence-corrected chi connectivity index (χ4v) is 2.61. The van der Waals surface area contributed by atoms with Crippen LogP contribution in [0.25, 0.3) is 0 Å². The second kappa shape index (κ2) is 5.97. The van der Waals surface area contributed by atoms with Gasteiger partial charge in [-0.05, 0) is 41.8 Å². The molecule has 1 N–H and O–H groups in total. The summed E-state index contributed by atoms with van der Waals surface area (Å²) in [5.74, 6) is 1.56. The topological polar surface area (TPSA) is 30.5 Å². The quantitative estimate of drug-likeness (QED) is 0.925. The van der Waals surface area contributed by atoms with Gasteiger partial charge < -0.3 is 14.8 Å². The third kappa shape index (κ3) is 2.63. The van der Waals surface area contributed by atoms with Crippen molar-refractivity contribution in [2.24, 2.45) is 0 Å². The van der Waals surface area contributed by atoms with Gasteiger partial charge in [0, 0.05) is 6.54 Å². The molecule has 3 heteroatoms. The Bertz CT molecular complexity index is 595. The first-order valence-electron chi connectivity index (χ1n) is 6.94. The first kappa shape index (κ1) is 13.0. The van der Waals surface area contributed by atoms with E-state index in [-0.39, 0.29) is 0 Å². The summed E-state index contributed by atoms with van der Waals surface area (Å²) in [6.07, 6.45) is 1.10. The molecule has 0 fully saturated rings. The van der Waals surface area contributed by atoms with E-state index in [1.807, 2.05) is 24.3 Å². The van der Waals surface area contributed by atoms with E-state index in [2.05, 4.69) is 23.5 Å². The van der Waals surface area contributed by atoms with E-state index in [4.69, 9.17) is 9.47 Å². The summed E-state index contributed by atoms with van der Waals surface area (Å²) in [4.78, 5) is 0. The lowest BCUT2D eigenvalue weighted by atomic mass is 9.96. The van der Waals surface area contributed by atoms with E-state index in [0.717, 1.165) is 31.0 Å². The summed E-state index contributed by atoms with van der Waals surface area (Å²) in [7, 11) is 1.66.